The van der Waals surface area contributed by atoms with Crippen molar-refractivity contribution in [3.63, 3.8) is 0 Å². The first-order valence-electron chi connectivity index (χ1n) is 12.1. The number of aryl methyl sites for hydroxylation is 1. The van der Waals surface area contributed by atoms with Gasteiger partial charge in [-0.25, -0.2) is 4.98 Å². The fourth-order valence-corrected chi connectivity index (χ4v) is 6.84. The Labute approximate surface area is 174 Å². The van der Waals surface area contributed by atoms with E-state index in [2.05, 4.69) is 31.9 Å². The topological polar surface area (TPSA) is 65.1 Å². The molecule has 1 saturated carbocycles. The molecule has 4 aliphatic rings. The fraction of sp³-hybridized carbons (Fsp3) is 0.870. The van der Waals surface area contributed by atoms with Crippen LogP contribution in [0, 0.1) is 17.8 Å². The lowest BCUT2D eigenvalue weighted by atomic mass is 9.69. The van der Waals surface area contributed by atoms with Crippen LogP contribution in [0.1, 0.15) is 82.8 Å². The second-order valence-electron chi connectivity index (χ2n) is 10.1. The van der Waals surface area contributed by atoms with Gasteiger partial charge in [0.05, 0.1) is 6.54 Å². The Balaban J connectivity index is 1.34. The second kappa shape index (κ2) is 8.37. The summed E-state index contributed by atoms with van der Waals surface area (Å²) < 4.78 is 0. The Morgan fingerprint density at radius 3 is 2.69 bits per heavy atom. The summed E-state index contributed by atoms with van der Waals surface area (Å²) in [5, 5.41) is 7.47. The number of H-pyrrole nitrogens is 1. The molecule has 1 aromatic rings. The van der Waals surface area contributed by atoms with Gasteiger partial charge in [-0.1, -0.05) is 39.0 Å². The van der Waals surface area contributed by atoms with Crippen LogP contribution in [0.4, 0.5) is 0 Å². The molecule has 0 unspecified atom stereocenters. The lowest BCUT2D eigenvalue weighted by Crippen LogP contribution is -2.65. The summed E-state index contributed by atoms with van der Waals surface area (Å²) in [7, 11) is 0. The van der Waals surface area contributed by atoms with Gasteiger partial charge in [-0.05, 0) is 43.4 Å². The zero-order valence-corrected chi connectivity index (χ0v) is 18.0. The number of aromatic amines is 1. The Bertz CT molecular complexity index is 712. The van der Waals surface area contributed by atoms with Crippen molar-refractivity contribution in [2.24, 2.45) is 17.8 Å². The molecular formula is C23H37N5O. The molecule has 160 valence electrons. The first kappa shape index (κ1) is 19.5. The maximum Gasteiger partial charge on any atom is 0.223 e. The molecule has 2 bridgehead atoms. The minimum atomic E-state index is 0.452. The number of carbonyl (C=O) groups is 1. The molecule has 1 amide bonds. The molecule has 0 spiro atoms. The second-order valence-corrected chi connectivity index (χ2v) is 10.1. The number of hydrogen-bond donors (Lipinski definition) is 1. The molecule has 4 atom stereocenters. The number of nitrogens with one attached hydrogen (secondary N) is 1. The van der Waals surface area contributed by atoms with E-state index in [0.717, 1.165) is 56.5 Å². The summed E-state index contributed by atoms with van der Waals surface area (Å²) in [6.07, 6.45) is 13.4. The zero-order valence-electron chi connectivity index (χ0n) is 18.0. The van der Waals surface area contributed by atoms with Gasteiger partial charge in [0.15, 0.2) is 0 Å². The Morgan fingerprint density at radius 2 is 1.90 bits per heavy atom. The summed E-state index contributed by atoms with van der Waals surface area (Å²) in [5.41, 5.74) is 0. The maximum atomic E-state index is 13.0. The summed E-state index contributed by atoms with van der Waals surface area (Å²) >= 11 is 0. The minimum absolute atomic E-state index is 0.452. The lowest BCUT2D eigenvalue weighted by Gasteiger charge is -2.57. The van der Waals surface area contributed by atoms with Gasteiger partial charge >= 0.3 is 0 Å². The quantitative estimate of drug-likeness (QED) is 0.822. The molecule has 0 aromatic carbocycles. The van der Waals surface area contributed by atoms with Crippen LogP contribution in [-0.2, 0) is 17.8 Å². The van der Waals surface area contributed by atoms with E-state index in [1.54, 1.807) is 0 Å². The number of carbonyl (C=O) groups excluding carboxylic acids is 1. The highest BCUT2D eigenvalue weighted by Gasteiger charge is 2.49. The molecule has 3 saturated heterocycles. The summed E-state index contributed by atoms with van der Waals surface area (Å²) in [5.74, 6) is 4.46. The molecule has 3 aliphatic heterocycles. The molecule has 1 aliphatic carbocycles. The summed E-state index contributed by atoms with van der Waals surface area (Å²) in [4.78, 5) is 22.7. The van der Waals surface area contributed by atoms with E-state index in [9.17, 15) is 4.79 Å². The standard InChI is InChI=1S/C23H37N5O/c1-2-21-24-22(26-25-21)15-27-13-17-12-18(14-27)20(11-16-7-4-3-5-8-16)28-19(17)9-6-10-23(28)29/h16-20H,2-15H2,1H3,(H,24,25,26)/t17-,18+,19+,20+/m1/s1. The van der Waals surface area contributed by atoms with Crippen LogP contribution in [0.5, 0.6) is 0 Å². The number of fused-ring (bicyclic) bond motifs is 4. The molecule has 6 nitrogen and oxygen atoms in total. The average Bonchev–Trinajstić information content (AvgIpc) is 3.19. The normalized spacial score (nSPS) is 33.7. The molecule has 29 heavy (non-hydrogen) atoms. The van der Waals surface area contributed by atoms with Crippen molar-refractivity contribution in [3.05, 3.63) is 11.6 Å². The van der Waals surface area contributed by atoms with E-state index in [1.165, 1.54) is 51.4 Å². The number of nitrogens with zero attached hydrogens (tertiary/aromatic N) is 4. The van der Waals surface area contributed by atoms with Gasteiger partial charge in [0, 0.05) is 38.0 Å². The Morgan fingerprint density at radius 1 is 1.07 bits per heavy atom. The van der Waals surface area contributed by atoms with Gasteiger partial charge in [-0.15, -0.1) is 0 Å². The summed E-state index contributed by atoms with van der Waals surface area (Å²) in [6.45, 7) is 5.18. The van der Waals surface area contributed by atoms with Crippen LogP contribution in [0.25, 0.3) is 0 Å². The molecular weight excluding hydrogens is 362 g/mol. The van der Waals surface area contributed by atoms with E-state index in [1.807, 2.05) is 0 Å². The third-order valence-electron chi connectivity index (χ3n) is 8.14. The van der Waals surface area contributed by atoms with Crippen molar-refractivity contribution in [1.29, 1.82) is 0 Å². The molecule has 6 heteroatoms. The predicted octanol–water partition coefficient (Wildman–Crippen LogP) is 3.54. The predicted molar refractivity (Wildman–Crippen MR) is 112 cm³/mol. The highest BCUT2D eigenvalue weighted by atomic mass is 16.2. The third-order valence-corrected chi connectivity index (χ3v) is 8.14. The number of piperidine rings is 3. The first-order chi connectivity index (χ1) is 14.2. The number of hydrogen-bond acceptors (Lipinski definition) is 4. The SMILES string of the molecule is CCc1n[nH]c(CN2C[C@H]3C[C@@H](C2)[C@H](CC2CCCCC2)N2C(=O)CCC[C@@H]32)n1. The van der Waals surface area contributed by atoms with Crippen molar-refractivity contribution < 1.29 is 4.79 Å². The molecule has 4 heterocycles. The zero-order chi connectivity index (χ0) is 19.8. The van der Waals surface area contributed by atoms with Crippen molar-refractivity contribution in [2.75, 3.05) is 13.1 Å². The van der Waals surface area contributed by atoms with E-state index < -0.39 is 0 Å². The van der Waals surface area contributed by atoms with Gasteiger partial charge < -0.3 is 4.90 Å². The minimum Gasteiger partial charge on any atom is -0.336 e. The van der Waals surface area contributed by atoms with E-state index in [-0.39, 0.29) is 0 Å². The third kappa shape index (κ3) is 3.97. The van der Waals surface area contributed by atoms with E-state index >= 15 is 0 Å². The van der Waals surface area contributed by atoms with Crippen LogP contribution >= 0.6 is 0 Å². The van der Waals surface area contributed by atoms with E-state index in [4.69, 9.17) is 0 Å². The number of amides is 1. The number of likely N-dealkylation sites (tertiary alicyclic amines) is 1. The average molecular weight is 400 g/mol. The van der Waals surface area contributed by atoms with Crippen LogP contribution in [-0.4, -0.2) is 56.1 Å². The first-order valence-corrected chi connectivity index (χ1v) is 12.1. The lowest BCUT2D eigenvalue weighted by molar-refractivity contribution is -0.154. The smallest absolute Gasteiger partial charge is 0.223 e. The van der Waals surface area contributed by atoms with Crippen molar-refractivity contribution in [2.45, 2.75) is 96.2 Å². The maximum absolute atomic E-state index is 13.0. The Kier molecular flexibility index (Phi) is 5.63. The van der Waals surface area contributed by atoms with Crippen LogP contribution < -0.4 is 0 Å². The van der Waals surface area contributed by atoms with Crippen molar-refractivity contribution >= 4 is 5.91 Å². The van der Waals surface area contributed by atoms with Crippen LogP contribution in [0.3, 0.4) is 0 Å². The molecule has 0 radical (unpaired) electrons. The van der Waals surface area contributed by atoms with Gasteiger partial charge in [0.1, 0.15) is 11.6 Å². The van der Waals surface area contributed by atoms with Gasteiger partial charge in [0.25, 0.3) is 0 Å². The molecule has 1 aromatic heterocycles. The monoisotopic (exact) mass is 399 g/mol. The fourth-order valence-electron chi connectivity index (χ4n) is 6.84. The van der Waals surface area contributed by atoms with E-state index in [0.29, 0.717) is 29.8 Å². The number of rotatable bonds is 5. The van der Waals surface area contributed by atoms with Crippen LogP contribution in [0.2, 0.25) is 0 Å². The van der Waals surface area contributed by atoms with Gasteiger partial charge in [-0.2, -0.15) is 5.10 Å². The van der Waals surface area contributed by atoms with Crippen molar-refractivity contribution in [1.82, 2.24) is 25.0 Å². The van der Waals surface area contributed by atoms with Crippen molar-refractivity contribution in [3.8, 4) is 0 Å². The van der Waals surface area contributed by atoms with Gasteiger partial charge in [0.2, 0.25) is 5.91 Å². The molecule has 4 fully saturated rings. The van der Waals surface area contributed by atoms with Gasteiger partial charge in [-0.3, -0.25) is 14.8 Å². The summed E-state index contributed by atoms with van der Waals surface area (Å²) in [6, 6.07) is 0.945. The van der Waals surface area contributed by atoms with Crippen LogP contribution in [0.15, 0.2) is 0 Å². The largest absolute Gasteiger partial charge is 0.336 e. The highest BCUT2D eigenvalue weighted by Crippen LogP contribution is 2.44. The highest BCUT2D eigenvalue weighted by molar-refractivity contribution is 5.78. The molecule has 5 rings (SSSR count). The Hall–Kier alpha value is -1.43. The molecule has 1 N–H and O–H groups in total. The number of aromatic nitrogens is 3.